The normalized spacial score (nSPS) is 12.8. The van der Waals surface area contributed by atoms with Gasteiger partial charge in [0.05, 0.1) is 0 Å². The van der Waals surface area contributed by atoms with E-state index in [0.29, 0.717) is 37.8 Å². The summed E-state index contributed by atoms with van der Waals surface area (Å²) >= 11 is 0. The average molecular weight is 499 g/mol. The topological polar surface area (TPSA) is 138 Å². The predicted molar refractivity (Wildman–Crippen MR) is 135 cm³/mol. The van der Waals surface area contributed by atoms with Gasteiger partial charge in [-0.15, -0.1) is 0 Å². The number of aliphatic carboxylic acids is 2. The fourth-order valence-corrected chi connectivity index (χ4v) is 3.48. The fraction of sp³-hybridized carbons (Fsp3) is 0.852. The SMILES string of the molecule is CC(C)CCCCNC(=O)CC(CC(C)C)C(=O)[O-].CC(C)CNC(=O)CC(CC(C)C)C(=O)[O-]. The molecule has 2 N–H and O–H groups in total. The first-order chi connectivity index (χ1) is 16.1. The summed E-state index contributed by atoms with van der Waals surface area (Å²) in [5.74, 6) is -2.43. The summed E-state index contributed by atoms with van der Waals surface area (Å²) in [5, 5.41) is 27.2. The van der Waals surface area contributed by atoms with Crippen LogP contribution in [-0.2, 0) is 19.2 Å². The molecule has 0 radical (unpaired) electrons. The second kappa shape index (κ2) is 20.1. The Hall–Kier alpha value is -2.12. The summed E-state index contributed by atoms with van der Waals surface area (Å²) in [7, 11) is 0. The second-order valence-electron chi connectivity index (χ2n) is 11.1. The third-order valence-electron chi connectivity index (χ3n) is 5.28. The Morgan fingerprint density at radius 3 is 1.37 bits per heavy atom. The molecule has 0 aliphatic heterocycles. The highest BCUT2D eigenvalue weighted by Gasteiger charge is 2.17. The van der Waals surface area contributed by atoms with Crippen molar-refractivity contribution >= 4 is 23.8 Å². The number of carbonyl (C=O) groups is 4. The van der Waals surface area contributed by atoms with E-state index in [1.54, 1.807) is 0 Å². The Bertz CT molecular complexity index is 617. The number of carboxylic acid groups (broad SMARTS) is 2. The molecule has 35 heavy (non-hydrogen) atoms. The minimum absolute atomic E-state index is 0.0211. The van der Waals surface area contributed by atoms with E-state index in [1.165, 1.54) is 0 Å². The number of carbonyl (C=O) groups excluding carboxylic acids is 4. The van der Waals surface area contributed by atoms with Crippen LogP contribution in [0.2, 0.25) is 0 Å². The van der Waals surface area contributed by atoms with E-state index in [-0.39, 0.29) is 36.5 Å². The van der Waals surface area contributed by atoms with Gasteiger partial charge in [-0.2, -0.15) is 0 Å². The Kier molecular flexibility index (Phi) is 20.1. The Balaban J connectivity index is 0. The van der Waals surface area contributed by atoms with Crippen LogP contribution in [0.25, 0.3) is 0 Å². The van der Waals surface area contributed by atoms with Crippen molar-refractivity contribution in [2.75, 3.05) is 13.1 Å². The number of hydrogen-bond donors (Lipinski definition) is 2. The van der Waals surface area contributed by atoms with Crippen LogP contribution in [0.1, 0.15) is 100 Å². The standard InChI is InChI=1S/C15H29NO3.C12H23NO3/c1-11(2)7-5-6-8-16-14(17)10-13(15(18)19)9-12(3)4;1-8(2)5-10(12(15)16)6-11(14)13-7-9(3)4/h11-13H,5-10H2,1-4H3,(H,16,17)(H,18,19);8-10H,5-7H2,1-4H3,(H,13,14)(H,15,16)/p-2. The zero-order chi connectivity index (χ0) is 27.6. The molecule has 0 bridgehead atoms. The van der Waals surface area contributed by atoms with Crippen molar-refractivity contribution < 1.29 is 29.4 Å². The van der Waals surface area contributed by atoms with Crippen LogP contribution in [0.15, 0.2) is 0 Å². The molecule has 206 valence electrons. The predicted octanol–water partition coefficient (Wildman–Crippen LogP) is 2.29. The van der Waals surface area contributed by atoms with Crippen LogP contribution in [0.3, 0.4) is 0 Å². The fourth-order valence-electron chi connectivity index (χ4n) is 3.48. The van der Waals surface area contributed by atoms with Crippen molar-refractivity contribution in [2.24, 2.45) is 35.5 Å². The van der Waals surface area contributed by atoms with Crippen LogP contribution >= 0.6 is 0 Å². The van der Waals surface area contributed by atoms with Gasteiger partial charge in [0.25, 0.3) is 0 Å². The van der Waals surface area contributed by atoms with Crippen molar-refractivity contribution in [3.8, 4) is 0 Å². The van der Waals surface area contributed by atoms with E-state index in [2.05, 4.69) is 24.5 Å². The molecule has 0 aliphatic rings. The van der Waals surface area contributed by atoms with E-state index in [9.17, 15) is 29.4 Å². The largest absolute Gasteiger partial charge is 0.550 e. The summed E-state index contributed by atoms with van der Waals surface area (Å²) in [6.07, 6.45) is 4.22. The lowest BCUT2D eigenvalue weighted by Crippen LogP contribution is -2.37. The molecule has 8 nitrogen and oxygen atoms in total. The van der Waals surface area contributed by atoms with Crippen molar-refractivity contribution in [1.29, 1.82) is 0 Å². The van der Waals surface area contributed by atoms with Crippen LogP contribution < -0.4 is 20.8 Å². The van der Waals surface area contributed by atoms with Gasteiger partial charge in [0, 0.05) is 49.7 Å². The summed E-state index contributed by atoms with van der Waals surface area (Å²) in [4.78, 5) is 44.8. The van der Waals surface area contributed by atoms with Crippen molar-refractivity contribution in [2.45, 2.75) is 100 Å². The molecule has 0 fully saturated rings. The number of nitrogens with one attached hydrogen (secondary N) is 2. The molecule has 0 aromatic carbocycles. The van der Waals surface area contributed by atoms with Crippen LogP contribution in [0, 0.1) is 35.5 Å². The van der Waals surface area contributed by atoms with Gasteiger partial charge < -0.3 is 30.4 Å². The minimum Gasteiger partial charge on any atom is -0.550 e. The van der Waals surface area contributed by atoms with Crippen LogP contribution in [-0.4, -0.2) is 36.8 Å². The van der Waals surface area contributed by atoms with Gasteiger partial charge in [0.1, 0.15) is 0 Å². The van der Waals surface area contributed by atoms with Gasteiger partial charge in [-0.25, -0.2) is 0 Å². The van der Waals surface area contributed by atoms with Gasteiger partial charge in [-0.3, -0.25) is 9.59 Å². The Labute approximate surface area is 213 Å². The van der Waals surface area contributed by atoms with Crippen molar-refractivity contribution in [3.63, 3.8) is 0 Å². The first kappa shape index (κ1) is 35.0. The van der Waals surface area contributed by atoms with Crippen molar-refractivity contribution in [3.05, 3.63) is 0 Å². The smallest absolute Gasteiger partial charge is 0.220 e. The van der Waals surface area contributed by atoms with Gasteiger partial charge in [0.2, 0.25) is 11.8 Å². The highest BCUT2D eigenvalue weighted by atomic mass is 16.4. The number of carboxylic acids is 2. The Morgan fingerprint density at radius 1 is 0.600 bits per heavy atom. The molecule has 2 amide bonds. The summed E-state index contributed by atoms with van der Waals surface area (Å²) in [5.41, 5.74) is 0. The van der Waals surface area contributed by atoms with E-state index in [4.69, 9.17) is 0 Å². The van der Waals surface area contributed by atoms with Gasteiger partial charge >= 0.3 is 0 Å². The maximum Gasteiger partial charge on any atom is 0.220 e. The molecule has 0 aliphatic carbocycles. The monoisotopic (exact) mass is 498 g/mol. The van der Waals surface area contributed by atoms with E-state index < -0.39 is 23.8 Å². The third-order valence-corrected chi connectivity index (χ3v) is 5.28. The quantitative estimate of drug-likeness (QED) is 0.295. The third kappa shape index (κ3) is 23.4. The minimum atomic E-state index is -1.13. The first-order valence-electron chi connectivity index (χ1n) is 13.1. The molecule has 0 spiro atoms. The number of hydrogen-bond acceptors (Lipinski definition) is 6. The molecule has 2 atom stereocenters. The van der Waals surface area contributed by atoms with Gasteiger partial charge in [-0.05, 0) is 42.9 Å². The van der Waals surface area contributed by atoms with Crippen molar-refractivity contribution in [1.82, 2.24) is 10.6 Å². The summed E-state index contributed by atoms with van der Waals surface area (Å²) in [6, 6.07) is 0. The number of rotatable bonds is 17. The maximum atomic E-state index is 11.6. The van der Waals surface area contributed by atoms with E-state index in [1.807, 2.05) is 41.5 Å². The lowest BCUT2D eigenvalue weighted by molar-refractivity contribution is -0.313. The van der Waals surface area contributed by atoms with Gasteiger partial charge in [-0.1, -0.05) is 68.2 Å². The van der Waals surface area contributed by atoms with E-state index in [0.717, 1.165) is 19.3 Å². The summed E-state index contributed by atoms with van der Waals surface area (Å²) in [6.45, 7) is 17.3. The molecule has 0 aromatic rings. The maximum absolute atomic E-state index is 11.6. The number of unbranched alkanes of at least 4 members (excludes halogenated alkanes) is 1. The molecule has 0 rings (SSSR count). The lowest BCUT2D eigenvalue weighted by Gasteiger charge is -2.19. The molecule has 8 heteroatoms. The lowest BCUT2D eigenvalue weighted by atomic mass is 9.94. The zero-order valence-corrected chi connectivity index (χ0v) is 23.3. The molecule has 0 heterocycles. The highest BCUT2D eigenvalue weighted by Crippen LogP contribution is 2.15. The zero-order valence-electron chi connectivity index (χ0n) is 23.3. The number of amides is 2. The average Bonchev–Trinajstić information content (AvgIpc) is 2.70. The molecular formula is C27H50N2O6-2. The molecule has 0 saturated heterocycles. The van der Waals surface area contributed by atoms with E-state index >= 15 is 0 Å². The first-order valence-corrected chi connectivity index (χ1v) is 13.1. The van der Waals surface area contributed by atoms with Crippen LogP contribution in [0.4, 0.5) is 0 Å². The van der Waals surface area contributed by atoms with Gasteiger partial charge in [0.15, 0.2) is 0 Å². The van der Waals surface area contributed by atoms with Crippen LogP contribution in [0.5, 0.6) is 0 Å². The highest BCUT2D eigenvalue weighted by molar-refractivity contribution is 5.82. The molecule has 0 aromatic heterocycles. The molecular weight excluding hydrogens is 448 g/mol. The Morgan fingerprint density at radius 2 is 1.03 bits per heavy atom. The molecule has 2 unspecified atom stereocenters. The second-order valence-corrected chi connectivity index (χ2v) is 11.1. The molecule has 0 saturated carbocycles. The summed E-state index contributed by atoms with van der Waals surface area (Å²) < 4.78 is 0.